The van der Waals surface area contributed by atoms with Crippen LogP contribution in [-0.2, 0) is 11.2 Å². The number of nitrogens with zero attached hydrogens (tertiary/aromatic N) is 1. The van der Waals surface area contributed by atoms with Crippen molar-refractivity contribution in [2.24, 2.45) is 0 Å². The maximum atomic E-state index is 12.3. The van der Waals surface area contributed by atoms with Gasteiger partial charge in [-0.2, -0.15) is 0 Å². The van der Waals surface area contributed by atoms with Crippen LogP contribution >= 0.6 is 0 Å². The number of hydrogen-bond donors (Lipinski definition) is 2. The van der Waals surface area contributed by atoms with Gasteiger partial charge in [0.2, 0.25) is 0 Å². The summed E-state index contributed by atoms with van der Waals surface area (Å²) in [6, 6.07) is 6.58. The molecule has 24 heavy (non-hydrogen) atoms. The molecule has 2 N–H and O–H groups in total. The number of hydrogen-bond acceptors (Lipinski definition) is 5. The van der Waals surface area contributed by atoms with Gasteiger partial charge in [-0.05, 0) is 37.0 Å². The third-order valence-corrected chi connectivity index (χ3v) is 3.93. The van der Waals surface area contributed by atoms with Crippen molar-refractivity contribution in [1.82, 2.24) is 10.3 Å². The lowest BCUT2D eigenvalue weighted by Crippen LogP contribution is -2.27. The normalized spacial score (nSPS) is 16.9. The molecular weight excluding hydrogens is 312 g/mol. The average molecular weight is 330 g/mol. The standard InChI is InChI=1S/C17H18N2O5/c20-16(14-15(24-10-19-14)13-2-1-9-23-13)18-8-7-11-3-5-12(6-4-11)17(21)22/h3-6,10,13H,1-2,7-9H2,(H,18,20)(H,21,22). The number of carboxylic acids is 1. The third kappa shape index (κ3) is 3.62. The summed E-state index contributed by atoms with van der Waals surface area (Å²) in [4.78, 5) is 27.0. The fourth-order valence-corrected chi connectivity index (χ4v) is 2.66. The SMILES string of the molecule is O=C(O)c1ccc(CCNC(=O)c2ncoc2C2CCCO2)cc1. The predicted molar refractivity (Wildman–Crippen MR) is 83.9 cm³/mol. The molecule has 1 unspecified atom stereocenters. The highest BCUT2D eigenvalue weighted by Crippen LogP contribution is 2.30. The summed E-state index contributed by atoms with van der Waals surface area (Å²) in [7, 11) is 0. The number of aromatic nitrogens is 1. The molecule has 126 valence electrons. The molecule has 1 fully saturated rings. The van der Waals surface area contributed by atoms with E-state index in [1.54, 1.807) is 24.3 Å². The van der Waals surface area contributed by atoms with Crippen LogP contribution in [0.3, 0.4) is 0 Å². The van der Waals surface area contributed by atoms with Gasteiger partial charge in [0.05, 0.1) is 5.56 Å². The average Bonchev–Trinajstić information content (AvgIpc) is 3.26. The molecule has 7 heteroatoms. The van der Waals surface area contributed by atoms with Gasteiger partial charge in [-0.1, -0.05) is 12.1 Å². The Bertz CT molecular complexity index is 717. The highest BCUT2D eigenvalue weighted by Gasteiger charge is 2.27. The number of benzene rings is 1. The Balaban J connectivity index is 1.54. The minimum Gasteiger partial charge on any atom is -0.478 e. The summed E-state index contributed by atoms with van der Waals surface area (Å²) in [5, 5.41) is 11.7. The summed E-state index contributed by atoms with van der Waals surface area (Å²) in [6.45, 7) is 1.09. The molecule has 7 nitrogen and oxygen atoms in total. The van der Waals surface area contributed by atoms with E-state index in [-0.39, 0.29) is 23.3 Å². The van der Waals surface area contributed by atoms with Crippen LogP contribution in [0.5, 0.6) is 0 Å². The van der Waals surface area contributed by atoms with E-state index in [1.807, 2.05) is 0 Å². The van der Waals surface area contributed by atoms with Crippen molar-refractivity contribution in [3.63, 3.8) is 0 Å². The minimum atomic E-state index is -0.956. The van der Waals surface area contributed by atoms with Gasteiger partial charge >= 0.3 is 5.97 Å². The molecule has 2 heterocycles. The summed E-state index contributed by atoms with van der Waals surface area (Å²) >= 11 is 0. The van der Waals surface area contributed by atoms with Crippen LogP contribution in [-0.4, -0.2) is 35.1 Å². The highest BCUT2D eigenvalue weighted by atomic mass is 16.5. The van der Waals surface area contributed by atoms with Gasteiger partial charge in [0, 0.05) is 13.2 Å². The molecule has 0 spiro atoms. The number of oxazole rings is 1. The first kappa shape index (κ1) is 16.2. The molecule has 1 saturated heterocycles. The number of aromatic carboxylic acids is 1. The van der Waals surface area contributed by atoms with Gasteiger partial charge in [-0.3, -0.25) is 4.79 Å². The fraction of sp³-hybridized carbons (Fsp3) is 0.353. The maximum Gasteiger partial charge on any atom is 0.335 e. The van der Waals surface area contributed by atoms with Gasteiger partial charge in [0.15, 0.2) is 17.8 Å². The van der Waals surface area contributed by atoms with Crippen LogP contribution in [0, 0.1) is 0 Å². The fourth-order valence-electron chi connectivity index (χ4n) is 2.66. The molecule has 0 radical (unpaired) electrons. The topological polar surface area (TPSA) is 102 Å². The van der Waals surface area contributed by atoms with E-state index in [9.17, 15) is 9.59 Å². The molecule has 0 bridgehead atoms. The second-order valence-corrected chi connectivity index (χ2v) is 5.57. The van der Waals surface area contributed by atoms with E-state index in [2.05, 4.69) is 10.3 Å². The lowest BCUT2D eigenvalue weighted by molar-refractivity contribution is 0.0696. The minimum absolute atomic E-state index is 0.197. The smallest absolute Gasteiger partial charge is 0.335 e. The monoisotopic (exact) mass is 330 g/mol. The zero-order valence-corrected chi connectivity index (χ0v) is 13.0. The van der Waals surface area contributed by atoms with Gasteiger partial charge in [0.1, 0.15) is 6.10 Å². The van der Waals surface area contributed by atoms with Crippen LogP contribution in [0.25, 0.3) is 0 Å². The Kier molecular flexibility index (Phi) is 4.90. The maximum absolute atomic E-state index is 12.3. The number of carbonyl (C=O) groups is 2. The van der Waals surface area contributed by atoms with Crippen molar-refractivity contribution in [1.29, 1.82) is 0 Å². The van der Waals surface area contributed by atoms with Crippen LogP contribution in [0.2, 0.25) is 0 Å². The number of amides is 1. The molecule has 1 atom stereocenters. The molecule has 3 rings (SSSR count). The molecule has 1 aliphatic rings. The van der Waals surface area contributed by atoms with Crippen molar-refractivity contribution in [2.75, 3.05) is 13.2 Å². The van der Waals surface area contributed by atoms with Crippen molar-refractivity contribution in [2.45, 2.75) is 25.4 Å². The van der Waals surface area contributed by atoms with E-state index < -0.39 is 5.97 Å². The van der Waals surface area contributed by atoms with Crippen LogP contribution < -0.4 is 5.32 Å². The second kappa shape index (κ2) is 7.27. The van der Waals surface area contributed by atoms with Gasteiger partial charge in [-0.25, -0.2) is 9.78 Å². The number of rotatable bonds is 6. The van der Waals surface area contributed by atoms with E-state index in [1.165, 1.54) is 6.39 Å². The Morgan fingerprint density at radius 3 is 2.75 bits per heavy atom. The molecule has 0 saturated carbocycles. The van der Waals surface area contributed by atoms with E-state index >= 15 is 0 Å². The zero-order valence-electron chi connectivity index (χ0n) is 13.0. The van der Waals surface area contributed by atoms with Gasteiger partial charge < -0.3 is 19.6 Å². The summed E-state index contributed by atoms with van der Waals surface area (Å²) < 4.78 is 10.8. The van der Waals surface area contributed by atoms with Crippen LogP contribution in [0.4, 0.5) is 0 Å². The van der Waals surface area contributed by atoms with E-state index in [0.29, 0.717) is 25.3 Å². The zero-order chi connectivity index (χ0) is 16.9. The first-order chi connectivity index (χ1) is 11.6. The Hall–Kier alpha value is -2.67. The van der Waals surface area contributed by atoms with Crippen LogP contribution in [0.1, 0.15) is 51.1 Å². The highest BCUT2D eigenvalue weighted by molar-refractivity contribution is 5.93. The summed E-state index contributed by atoms with van der Waals surface area (Å²) in [5.74, 6) is -0.769. The second-order valence-electron chi connectivity index (χ2n) is 5.57. The van der Waals surface area contributed by atoms with Crippen molar-refractivity contribution in [3.05, 3.63) is 53.2 Å². The van der Waals surface area contributed by atoms with Crippen molar-refractivity contribution >= 4 is 11.9 Å². The number of carbonyl (C=O) groups excluding carboxylic acids is 1. The Morgan fingerprint density at radius 2 is 2.08 bits per heavy atom. The first-order valence-electron chi connectivity index (χ1n) is 7.80. The van der Waals surface area contributed by atoms with E-state index in [4.69, 9.17) is 14.3 Å². The van der Waals surface area contributed by atoms with Crippen LogP contribution in [0.15, 0.2) is 35.1 Å². The summed E-state index contributed by atoms with van der Waals surface area (Å²) in [6.07, 6.45) is 3.43. The first-order valence-corrected chi connectivity index (χ1v) is 7.80. The molecule has 2 aromatic rings. The molecule has 1 amide bonds. The lowest BCUT2D eigenvalue weighted by Gasteiger charge is -2.08. The lowest BCUT2D eigenvalue weighted by atomic mass is 10.1. The third-order valence-electron chi connectivity index (χ3n) is 3.93. The molecule has 1 aromatic heterocycles. The molecular formula is C17H18N2O5. The predicted octanol–water partition coefficient (Wildman–Crippen LogP) is 2.20. The van der Waals surface area contributed by atoms with Crippen molar-refractivity contribution in [3.8, 4) is 0 Å². The Morgan fingerprint density at radius 1 is 1.29 bits per heavy atom. The van der Waals surface area contributed by atoms with Gasteiger partial charge in [-0.15, -0.1) is 0 Å². The number of carboxylic acid groups (broad SMARTS) is 1. The Labute approximate surface area is 138 Å². The van der Waals surface area contributed by atoms with Crippen molar-refractivity contribution < 1.29 is 23.8 Å². The summed E-state index contributed by atoms with van der Waals surface area (Å²) in [5.41, 5.74) is 1.45. The molecule has 1 aromatic carbocycles. The largest absolute Gasteiger partial charge is 0.478 e. The molecule has 1 aliphatic heterocycles. The number of ether oxygens (including phenoxy) is 1. The van der Waals surface area contributed by atoms with E-state index in [0.717, 1.165) is 18.4 Å². The molecule has 0 aliphatic carbocycles. The number of nitrogens with one attached hydrogen (secondary N) is 1. The quantitative estimate of drug-likeness (QED) is 0.842. The van der Waals surface area contributed by atoms with Gasteiger partial charge in [0.25, 0.3) is 5.91 Å².